The van der Waals surface area contributed by atoms with Gasteiger partial charge in [-0.15, -0.1) is 0 Å². The largest absolute Gasteiger partial charge is 0.481 e. The molecule has 1 saturated carbocycles. The number of aliphatic carboxylic acids is 1. The molecule has 0 aromatic carbocycles. The minimum Gasteiger partial charge on any atom is -0.481 e. The molecular formula is C12H23BNO2. The minimum absolute atomic E-state index is 0.0951. The Bertz CT molecular complexity index is 247. The standard InChI is InChI=1S/C12H23BNO2/c1-3-10(11(15)16)12(8-14)7-9(12)5-6-13-4-2/h9-10H,3-8,14H2,1-2H3,(H,15,16)/t9?,10?,12-/m0/s1. The highest BCUT2D eigenvalue weighted by atomic mass is 16.4. The smallest absolute Gasteiger partial charge is 0.307 e. The molecule has 0 spiro atoms. The van der Waals surface area contributed by atoms with Gasteiger partial charge in [0, 0.05) is 0 Å². The molecule has 0 aromatic heterocycles. The van der Waals surface area contributed by atoms with E-state index in [9.17, 15) is 9.90 Å². The summed E-state index contributed by atoms with van der Waals surface area (Å²) in [6.45, 7) is 4.60. The summed E-state index contributed by atoms with van der Waals surface area (Å²) in [5, 5.41) is 9.21. The van der Waals surface area contributed by atoms with Crippen molar-refractivity contribution in [1.29, 1.82) is 0 Å². The van der Waals surface area contributed by atoms with Gasteiger partial charge >= 0.3 is 5.97 Å². The van der Waals surface area contributed by atoms with E-state index >= 15 is 0 Å². The van der Waals surface area contributed by atoms with Crippen molar-refractivity contribution < 1.29 is 9.90 Å². The summed E-state index contributed by atoms with van der Waals surface area (Å²) in [6.07, 6.45) is 5.00. The lowest BCUT2D eigenvalue weighted by Gasteiger charge is -2.22. The predicted molar refractivity (Wildman–Crippen MR) is 66.7 cm³/mol. The zero-order chi connectivity index (χ0) is 12.2. The molecule has 91 valence electrons. The topological polar surface area (TPSA) is 63.3 Å². The SMILES string of the molecule is CC[B]CCC1C[C@@]1(CN)C(CC)C(=O)O. The Balaban J connectivity index is 2.51. The van der Waals surface area contributed by atoms with Crippen molar-refractivity contribution in [2.75, 3.05) is 6.54 Å². The molecule has 1 fully saturated rings. The molecule has 0 amide bonds. The highest BCUT2D eigenvalue weighted by Gasteiger charge is 2.58. The monoisotopic (exact) mass is 224 g/mol. The van der Waals surface area contributed by atoms with Gasteiger partial charge in [0.05, 0.1) is 5.92 Å². The highest BCUT2D eigenvalue weighted by Crippen LogP contribution is 2.60. The Morgan fingerprint density at radius 3 is 2.75 bits per heavy atom. The van der Waals surface area contributed by atoms with Gasteiger partial charge in [0.25, 0.3) is 0 Å². The van der Waals surface area contributed by atoms with Gasteiger partial charge in [0.1, 0.15) is 7.28 Å². The first kappa shape index (κ1) is 13.6. The average molecular weight is 224 g/mol. The van der Waals surface area contributed by atoms with Gasteiger partial charge in [-0.2, -0.15) is 0 Å². The molecule has 0 aromatic rings. The maximum absolute atomic E-state index is 11.2. The lowest BCUT2D eigenvalue weighted by atomic mass is 9.69. The molecule has 0 heterocycles. The Labute approximate surface area is 99.0 Å². The molecule has 4 heteroatoms. The van der Waals surface area contributed by atoms with Gasteiger partial charge in [-0.05, 0) is 30.7 Å². The van der Waals surface area contributed by atoms with E-state index in [1.165, 1.54) is 0 Å². The molecule has 2 unspecified atom stereocenters. The second kappa shape index (κ2) is 5.71. The first-order valence-corrected chi connectivity index (χ1v) is 6.36. The molecule has 1 radical (unpaired) electrons. The van der Waals surface area contributed by atoms with Gasteiger partial charge in [-0.25, -0.2) is 0 Å². The third-order valence-electron chi connectivity index (χ3n) is 4.07. The second-order valence-corrected chi connectivity index (χ2v) is 4.91. The van der Waals surface area contributed by atoms with Crippen LogP contribution >= 0.6 is 0 Å². The van der Waals surface area contributed by atoms with Crippen LogP contribution in [0.3, 0.4) is 0 Å². The number of rotatable bonds is 8. The maximum Gasteiger partial charge on any atom is 0.307 e. The van der Waals surface area contributed by atoms with Crippen molar-refractivity contribution in [3.05, 3.63) is 0 Å². The summed E-state index contributed by atoms with van der Waals surface area (Å²) in [5.74, 6) is -0.389. The molecule has 0 aliphatic heterocycles. The Kier molecular flexibility index (Phi) is 4.84. The van der Waals surface area contributed by atoms with E-state index in [0.29, 0.717) is 18.9 Å². The molecule has 0 saturated heterocycles. The second-order valence-electron chi connectivity index (χ2n) is 4.91. The van der Waals surface area contributed by atoms with E-state index in [4.69, 9.17) is 5.73 Å². The number of carboxylic acids is 1. The summed E-state index contributed by atoms with van der Waals surface area (Å²) in [5.41, 5.74) is 5.71. The Hall–Kier alpha value is -0.505. The first-order valence-electron chi connectivity index (χ1n) is 6.36. The van der Waals surface area contributed by atoms with E-state index in [-0.39, 0.29) is 11.3 Å². The summed E-state index contributed by atoms with van der Waals surface area (Å²) in [4.78, 5) is 11.2. The average Bonchev–Trinajstić information content (AvgIpc) is 2.94. The zero-order valence-corrected chi connectivity index (χ0v) is 10.4. The molecule has 1 aliphatic rings. The van der Waals surface area contributed by atoms with Crippen LogP contribution in [-0.2, 0) is 4.79 Å². The number of hydrogen-bond donors (Lipinski definition) is 2. The van der Waals surface area contributed by atoms with E-state index in [1.54, 1.807) is 0 Å². The number of hydrogen-bond acceptors (Lipinski definition) is 2. The van der Waals surface area contributed by atoms with E-state index in [0.717, 1.165) is 25.5 Å². The van der Waals surface area contributed by atoms with Crippen molar-refractivity contribution >= 4 is 13.2 Å². The Morgan fingerprint density at radius 2 is 2.31 bits per heavy atom. The summed E-state index contributed by atoms with van der Waals surface area (Å²) < 4.78 is 0. The van der Waals surface area contributed by atoms with Gasteiger partial charge in [0.15, 0.2) is 0 Å². The third-order valence-corrected chi connectivity index (χ3v) is 4.07. The van der Waals surface area contributed by atoms with Crippen LogP contribution in [0, 0.1) is 17.3 Å². The van der Waals surface area contributed by atoms with Crippen LogP contribution in [0.5, 0.6) is 0 Å². The van der Waals surface area contributed by atoms with Crippen LogP contribution in [0.1, 0.15) is 33.1 Å². The fourth-order valence-corrected chi connectivity index (χ4v) is 2.96. The number of carboxylic acid groups (broad SMARTS) is 1. The van der Waals surface area contributed by atoms with Crippen molar-refractivity contribution in [1.82, 2.24) is 0 Å². The summed E-state index contributed by atoms with van der Waals surface area (Å²) in [7, 11) is 2.27. The number of carbonyl (C=O) groups is 1. The molecule has 1 rings (SSSR count). The molecule has 3 atom stereocenters. The number of nitrogens with two attached hydrogens (primary N) is 1. The summed E-state index contributed by atoms with van der Waals surface area (Å²) in [6, 6.07) is 0. The highest BCUT2D eigenvalue weighted by molar-refractivity contribution is 6.35. The van der Waals surface area contributed by atoms with Crippen LogP contribution in [0.4, 0.5) is 0 Å². The van der Waals surface area contributed by atoms with Crippen molar-refractivity contribution in [2.45, 2.75) is 45.8 Å². The lowest BCUT2D eigenvalue weighted by Crippen LogP contribution is -2.32. The van der Waals surface area contributed by atoms with Crippen LogP contribution in [0.2, 0.25) is 12.6 Å². The maximum atomic E-state index is 11.2. The molecule has 16 heavy (non-hydrogen) atoms. The molecule has 3 N–H and O–H groups in total. The van der Waals surface area contributed by atoms with Gasteiger partial charge in [-0.1, -0.05) is 32.9 Å². The molecule has 0 bridgehead atoms. The van der Waals surface area contributed by atoms with Crippen LogP contribution in [0.15, 0.2) is 0 Å². The van der Waals surface area contributed by atoms with E-state index in [2.05, 4.69) is 14.2 Å². The first-order chi connectivity index (χ1) is 7.62. The fourth-order valence-electron chi connectivity index (χ4n) is 2.96. The fraction of sp³-hybridized carbons (Fsp3) is 0.917. The van der Waals surface area contributed by atoms with Gasteiger partial charge in [-0.3, -0.25) is 4.79 Å². The molecule has 1 aliphatic carbocycles. The van der Waals surface area contributed by atoms with Gasteiger partial charge < -0.3 is 10.8 Å². The van der Waals surface area contributed by atoms with Crippen LogP contribution < -0.4 is 5.73 Å². The van der Waals surface area contributed by atoms with E-state index in [1.807, 2.05) is 6.92 Å². The predicted octanol–water partition coefficient (Wildman–Crippen LogP) is 2.01. The zero-order valence-electron chi connectivity index (χ0n) is 10.4. The Morgan fingerprint density at radius 1 is 1.62 bits per heavy atom. The third kappa shape index (κ3) is 2.59. The molecular weight excluding hydrogens is 201 g/mol. The van der Waals surface area contributed by atoms with Crippen molar-refractivity contribution in [3.63, 3.8) is 0 Å². The minimum atomic E-state index is -0.671. The quantitative estimate of drug-likeness (QED) is 0.489. The molecule has 3 nitrogen and oxygen atoms in total. The van der Waals surface area contributed by atoms with Gasteiger partial charge in [0.2, 0.25) is 0 Å². The van der Waals surface area contributed by atoms with Crippen LogP contribution in [-0.4, -0.2) is 24.9 Å². The van der Waals surface area contributed by atoms with Crippen molar-refractivity contribution in [2.24, 2.45) is 23.0 Å². The van der Waals surface area contributed by atoms with Crippen molar-refractivity contribution in [3.8, 4) is 0 Å². The normalized spacial score (nSPS) is 29.8. The van der Waals surface area contributed by atoms with Crippen LogP contribution in [0.25, 0.3) is 0 Å². The lowest BCUT2D eigenvalue weighted by molar-refractivity contribution is -0.144. The van der Waals surface area contributed by atoms with E-state index < -0.39 is 5.97 Å². The summed E-state index contributed by atoms with van der Waals surface area (Å²) >= 11 is 0.